The van der Waals surface area contributed by atoms with Crippen LogP contribution >= 0.6 is 0 Å². The van der Waals surface area contributed by atoms with E-state index < -0.39 is 5.60 Å². The molecule has 1 saturated heterocycles. The lowest BCUT2D eigenvalue weighted by molar-refractivity contribution is -0.155. The van der Waals surface area contributed by atoms with Crippen molar-refractivity contribution < 1.29 is 14.3 Å². The van der Waals surface area contributed by atoms with Crippen LogP contribution in [0.4, 0.5) is 4.39 Å². The second-order valence-electron chi connectivity index (χ2n) is 4.63. The van der Waals surface area contributed by atoms with E-state index in [9.17, 15) is 14.3 Å². The van der Waals surface area contributed by atoms with E-state index in [1.54, 1.807) is 17.0 Å². The van der Waals surface area contributed by atoms with Crippen molar-refractivity contribution in [3.8, 4) is 0 Å². The molecule has 1 N–H and O–H groups in total. The highest BCUT2D eigenvalue weighted by Gasteiger charge is 2.41. The summed E-state index contributed by atoms with van der Waals surface area (Å²) in [5, 5.41) is 9.79. The van der Waals surface area contributed by atoms with Crippen LogP contribution < -0.4 is 0 Å². The molecule has 0 saturated carbocycles. The maximum Gasteiger partial charge on any atom is 0.227 e. The van der Waals surface area contributed by atoms with Crippen LogP contribution in [0, 0.1) is 5.82 Å². The molecule has 0 aliphatic carbocycles. The highest BCUT2D eigenvalue weighted by molar-refractivity contribution is 5.79. The van der Waals surface area contributed by atoms with Gasteiger partial charge in [0, 0.05) is 0 Å². The van der Waals surface area contributed by atoms with Crippen LogP contribution in [0.5, 0.6) is 0 Å². The number of amides is 1. The Kier molecular flexibility index (Phi) is 3.15. The fourth-order valence-electron chi connectivity index (χ4n) is 2.00. The molecule has 1 aromatic carbocycles. The Morgan fingerprint density at radius 3 is 2.82 bits per heavy atom. The molecule has 1 amide bonds. The van der Waals surface area contributed by atoms with Gasteiger partial charge in [0.05, 0.1) is 25.1 Å². The molecule has 1 aliphatic heterocycles. The van der Waals surface area contributed by atoms with Crippen molar-refractivity contribution in [2.24, 2.45) is 0 Å². The molecule has 4 heteroatoms. The number of likely N-dealkylation sites (tertiary alicyclic amines) is 1. The number of carbonyl (C=O) groups is 1. The number of carbonyl (C=O) groups excluding carboxylic acids is 1. The van der Waals surface area contributed by atoms with Gasteiger partial charge in [0.1, 0.15) is 5.82 Å². The van der Waals surface area contributed by atoms with Crippen LogP contribution in [-0.2, 0) is 11.2 Å². The van der Waals surface area contributed by atoms with E-state index in [0.29, 0.717) is 25.1 Å². The van der Waals surface area contributed by atoms with Crippen LogP contribution in [0.1, 0.15) is 18.9 Å². The Bertz CT molecular complexity index is 427. The molecule has 0 bridgehead atoms. The number of rotatable bonds is 3. The summed E-state index contributed by atoms with van der Waals surface area (Å²) >= 11 is 0. The minimum Gasteiger partial charge on any atom is -0.386 e. The predicted molar refractivity (Wildman–Crippen MR) is 61.9 cm³/mol. The fourth-order valence-corrected chi connectivity index (χ4v) is 2.00. The van der Waals surface area contributed by atoms with Crippen molar-refractivity contribution in [3.05, 3.63) is 35.6 Å². The third kappa shape index (κ3) is 2.64. The van der Waals surface area contributed by atoms with Gasteiger partial charge in [0.2, 0.25) is 5.91 Å². The Hall–Kier alpha value is -1.42. The van der Waals surface area contributed by atoms with Gasteiger partial charge in [-0.25, -0.2) is 4.39 Å². The smallest absolute Gasteiger partial charge is 0.227 e. The summed E-state index contributed by atoms with van der Waals surface area (Å²) in [6.07, 6.45) is 0.842. The van der Waals surface area contributed by atoms with Gasteiger partial charge in [0.15, 0.2) is 0 Å². The number of aliphatic hydroxyl groups is 1. The molecule has 1 heterocycles. The molecule has 0 spiro atoms. The van der Waals surface area contributed by atoms with Crippen LogP contribution in [0.25, 0.3) is 0 Å². The first-order valence-corrected chi connectivity index (χ1v) is 5.77. The maximum absolute atomic E-state index is 12.9. The Morgan fingerprint density at radius 1 is 1.53 bits per heavy atom. The monoisotopic (exact) mass is 237 g/mol. The Morgan fingerprint density at radius 2 is 2.24 bits per heavy atom. The lowest BCUT2D eigenvalue weighted by atomic mass is 9.91. The van der Waals surface area contributed by atoms with Gasteiger partial charge in [-0.3, -0.25) is 4.79 Å². The molecule has 1 aliphatic rings. The molecule has 0 aromatic heterocycles. The number of hydrogen-bond donors (Lipinski definition) is 1. The zero-order valence-electron chi connectivity index (χ0n) is 9.82. The molecule has 17 heavy (non-hydrogen) atoms. The molecule has 1 aromatic rings. The molecular weight excluding hydrogens is 221 g/mol. The van der Waals surface area contributed by atoms with Gasteiger partial charge in [0.25, 0.3) is 0 Å². The molecule has 1 fully saturated rings. The summed E-state index contributed by atoms with van der Waals surface area (Å²) in [6.45, 7) is 2.67. The van der Waals surface area contributed by atoms with E-state index in [-0.39, 0.29) is 18.1 Å². The zero-order valence-corrected chi connectivity index (χ0v) is 9.82. The quantitative estimate of drug-likeness (QED) is 0.862. The summed E-state index contributed by atoms with van der Waals surface area (Å²) in [5.74, 6) is -0.391. The lowest BCUT2D eigenvalue weighted by Crippen LogP contribution is -2.63. The molecular formula is C13H16FNO2. The lowest BCUT2D eigenvalue weighted by Gasteiger charge is -2.46. The minimum absolute atomic E-state index is 0.0614. The highest BCUT2D eigenvalue weighted by atomic mass is 19.1. The van der Waals surface area contributed by atoms with Gasteiger partial charge in [-0.15, -0.1) is 0 Å². The molecule has 0 unspecified atom stereocenters. The van der Waals surface area contributed by atoms with E-state index in [1.807, 2.05) is 6.92 Å². The number of nitrogens with zero attached hydrogens (tertiary/aromatic N) is 1. The fraction of sp³-hybridized carbons (Fsp3) is 0.462. The van der Waals surface area contributed by atoms with E-state index in [4.69, 9.17) is 0 Å². The van der Waals surface area contributed by atoms with Gasteiger partial charge in [-0.05, 0) is 24.1 Å². The van der Waals surface area contributed by atoms with Gasteiger partial charge in [-0.1, -0.05) is 19.1 Å². The van der Waals surface area contributed by atoms with Crippen molar-refractivity contribution in [1.29, 1.82) is 0 Å². The van der Waals surface area contributed by atoms with Gasteiger partial charge < -0.3 is 10.0 Å². The molecule has 0 radical (unpaired) electrons. The van der Waals surface area contributed by atoms with E-state index in [0.717, 1.165) is 0 Å². The molecule has 0 atom stereocenters. The van der Waals surface area contributed by atoms with Crippen molar-refractivity contribution in [2.75, 3.05) is 13.1 Å². The largest absolute Gasteiger partial charge is 0.386 e. The Balaban J connectivity index is 1.91. The second kappa shape index (κ2) is 4.45. The number of hydrogen-bond acceptors (Lipinski definition) is 2. The normalized spacial score (nSPS) is 17.7. The van der Waals surface area contributed by atoms with Crippen LogP contribution in [-0.4, -0.2) is 34.6 Å². The standard InChI is InChI=1S/C13H16FNO2/c1-2-13(17)8-15(9-13)12(16)7-10-4-3-5-11(14)6-10/h3-6,17H,2,7-9H2,1H3. The summed E-state index contributed by atoms with van der Waals surface area (Å²) in [6, 6.07) is 6.04. The van der Waals surface area contributed by atoms with E-state index in [1.165, 1.54) is 12.1 Å². The van der Waals surface area contributed by atoms with E-state index in [2.05, 4.69) is 0 Å². The van der Waals surface area contributed by atoms with Crippen LogP contribution in [0.3, 0.4) is 0 Å². The number of β-amino-alcohol motifs (C(OH)–C–C–N with tert-alkyl or cyclic N) is 1. The summed E-state index contributed by atoms with van der Waals surface area (Å²) in [4.78, 5) is 13.4. The third-order valence-electron chi connectivity index (χ3n) is 3.23. The first-order chi connectivity index (χ1) is 8.02. The van der Waals surface area contributed by atoms with Crippen molar-refractivity contribution in [2.45, 2.75) is 25.4 Å². The first-order valence-electron chi connectivity index (χ1n) is 5.77. The number of halogens is 1. The predicted octanol–water partition coefficient (Wildman–Crippen LogP) is 1.35. The number of benzene rings is 1. The average molecular weight is 237 g/mol. The Labute approximate surface area is 99.9 Å². The third-order valence-corrected chi connectivity index (χ3v) is 3.23. The van der Waals surface area contributed by atoms with Crippen molar-refractivity contribution >= 4 is 5.91 Å². The molecule has 3 nitrogen and oxygen atoms in total. The first kappa shape index (κ1) is 12.0. The van der Waals surface area contributed by atoms with Gasteiger partial charge in [-0.2, -0.15) is 0 Å². The van der Waals surface area contributed by atoms with Gasteiger partial charge >= 0.3 is 0 Å². The molecule has 2 rings (SSSR count). The van der Waals surface area contributed by atoms with Crippen molar-refractivity contribution in [3.63, 3.8) is 0 Å². The molecule has 92 valence electrons. The summed E-state index contributed by atoms with van der Waals surface area (Å²) in [5.41, 5.74) is -0.0423. The minimum atomic E-state index is -0.711. The summed E-state index contributed by atoms with van der Waals surface area (Å²) in [7, 11) is 0. The second-order valence-corrected chi connectivity index (χ2v) is 4.63. The topological polar surface area (TPSA) is 40.5 Å². The van der Waals surface area contributed by atoms with Crippen LogP contribution in [0.2, 0.25) is 0 Å². The zero-order chi connectivity index (χ0) is 12.5. The average Bonchev–Trinajstić information content (AvgIpc) is 2.24. The SMILES string of the molecule is CCC1(O)CN(C(=O)Cc2cccc(F)c2)C1. The highest BCUT2D eigenvalue weighted by Crippen LogP contribution is 2.24. The van der Waals surface area contributed by atoms with Crippen molar-refractivity contribution in [1.82, 2.24) is 4.90 Å². The maximum atomic E-state index is 12.9. The summed E-state index contributed by atoms with van der Waals surface area (Å²) < 4.78 is 12.9. The van der Waals surface area contributed by atoms with E-state index >= 15 is 0 Å². The van der Waals surface area contributed by atoms with Crippen LogP contribution in [0.15, 0.2) is 24.3 Å².